The SMILES string of the molecule is CN(/C=C\c1cc(-c2ncc(Cl)cn2)c(F)cc1C=O)CC(F)CCCO.Nc1cn[nH]c(=O)c1C(F)(F)F. The first-order chi connectivity index (χ1) is 18.4. The van der Waals surface area contributed by atoms with Crippen LogP contribution in [0.4, 0.5) is 27.6 Å². The average Bonchev–Trinajstić information content (AvgIpc) is 2.86. The standard InChI is InChI=1S/C19H20ClF2N3O2.C5H4F3N3O/c1-25(11-16(21)3-2-6-26)5-4-13-7-17(18(22)8-14(13)12-27)19-23-9-15(20)10-24-19;6-5(7,8)3-2(9)1-10-11-4(3)12/h4-5,7-10,12,16,26H,2-3,6,11H2,1H3;1H,(H3,9,11,12)/b5-4-;. The zero-order valence-corrected chi connectivity index (χ0v) is 21.2. The molecule has 0 spiro atoms. The third-order valence-corrected chi connectivity index (χ3v) is 5.20. The van der Waals surface area contributed by atoms with Crippen LogP contribution in [0.1, 0.15) is 34.3 Å². The van der Waals surface area contributed by atoms with E-state index in [1.54, 1.807) is 29.3 Å². The number of aromatic amines is 1. The lowest BCUT2D eigenvalue weighted by atomic mass is 10.0. The van der Waals surface area contributed by atoms with Crippen LogP contribution in [0.2, 0.25) is 5.02 Å². The van der Waals surface area contributed by atoms with Gasteiger partial charge in [0, 0.05) is 38.2 Å². The zero-order chi connectivity index (χ0) is 29.2. The first kappa shape index (κ1) is 31.3. The van der Waals surface area contributed by atoms with Crippen LogP contribution in [0, 0.1) is 5.82 Å². The second kappa shape index (κ2) is 14.3. The fourth-order valence-corrected chi connectivity index (χ4v) is 3.26. The second-order valence-electron chi connectivity index (χ2n) is 8.05. The van der Waals surface area contributed by atoms with Crippen molar-refractivity contribution < 1.29 is 31.9 Å². The monoisotopic (exact) mass is 574 g/mol. The first-order valence-electron chi connectivity index (χ1n) is 11.2. The van der Waals surface area contributed by atoms with E-state index in [0.29, 0.717) is 23.3 Å². The number of halogens is 6. The van der Waals surface area contributed by atoms with Crippen molar-refractivity contribution in [3.8, 4) is 11.4 Å². The van der Waals surface area contributed by atoms with Crippen LogP contribution in [0.15, 0.2) is 41.7 Å². The summed E-state index contributed by atoms with van der Waals surface area (Å²) < 4.78 is 64.0. The maximum absolute atomic E-state index is 14.3. The lowest BCUT2D eigenvalue weighted by molar-refractivity contribution is -0.138. The molecule has 9 nitrogen and oxygen atoms in total. The molecule has 1 atom stereocenters. The van der Waals surface area contributed by atoms with Crippen LogP contribution < -0.4 is 11.3 Å². The molecule has 15 heteroatoms. The van der Waals surface area contributed by atoms with Gasteiger partial charge in [-0.25, -0.2) is 23.8 Å². The van der Waals surface area contributed by atoms with Crippen LogP contribution >= 0.6 is 11.6 Å². The Morgan fingerprint density at radius 3 is 2.41 bits per heavy atom. The van der Waals surface area contributed by atoms with Crippen LogP contribution in [-0.2, 0) is 6.18 Å². The summed E-state index contributed by atoms with van der Waals surface area (Å²) in [7, 11) is 1.69. The molecule has 0 saturated carbocycles. The highest BCUT2D eigenvalue weighted by Crippen LogP contribution is 2.29. The highest BCUT2D eigenvalue weighted by molar-refractivity contribution is 6.30. The molecule has 3 aromatic rings. The molecule has 0 amide bonds. The summed E-state index contributed by atoms with van der Waals surface area (Å²) >= 11 is 5.75. The number of anilines is 1. The van der Waals surface area contributed by atoms with Gasteiger partial charge in [0.05, 0.1) is 22.5 Å². The predicted octanol–water partition coefficient (Wildman–Crippen LogP) is 4.13. The smallest absolute Gasteiger partial charge is 0.397 e. The van der Waals surface area contributed by atoms with Gasteiger partial charge in [0.25, 0.3) is 5.56 Å². The largest absolute Gasteiger partial charge is 0.423 e. The molecule has 4 N–H and O–H groups in total. The number of hydrogen-bond acceptors (Lipinski definition) is 8. The summed E-state index contributed by atoms with van der Waals surface area (Å²) in [5, 5.41) is 13.8. The predicted molar refractivity (Wildman–Crippen MR) is 135 cm³/mol. The van der Waals surface area contributed by atoms with E-state index in [2.05, 4.69) is 15.1 Å². The molecule has 1 unspecified atom stereocenters. The number of aldehydes is 1. The van der Waals surface area contributed by atoms with E-state index in [0.717, 1.165) is 12.3 Å². The molecule has 1 aromatic carbocycles. The molecule has 0 fully saturated rings. The minimum Gasteiger partial charge on any atom is -0.397 e. The van der Waals surface area contributed by atoms with E-state index in [1.807, 2.05) is 0 Å². The second-order valence-corrected chi connectivity index (χ2v) is 8.49. The van der Waals surface area contributed by atoms with Crippen LogP contribution in [0.5, 0.6) is 0 Å². The molecular formula is C24H24ClF5N6O3. The Morgan fingerprint density at radius 2 is 1.87 bits per heavy atom. The fraction of sp³-hybridized carbons (Fsp3) is 0.292. The van der Waals surface area contributed by atoms with E-state index >= 15 is 0 Å². The highest BCUT2D eigenvalue weighted by atomic mass is 35.5. The van der Waals surface area contributed by atoms with Gasteiger partial charge < -0.3 is 15.7 Å². The van der Waals surface area contributed by atoms with Crippen LogP contribution in [0.25, 0.3) is 17.5 Å². The maximum atomic E-state index is 14.3. The average molecular weight is 575 g/mol. The van der Waals surface area contributed by atoms with E-state index < -0.39 is 35.0 Å². The number of aliphatic hydroxyl groups is 1. The Hall–Kier alpha value is -3.91. The van der Waals surface area contributed by atoms with E-state index in [4.69, 9.17) is 22.4 Å². The van der Waals surface area contributed by atoms with Crippen molar-refractivity contribution in [2.75, 3.05) is 25.9 Å². The van der Waals surface area contributed by atoms with Crippen molar-refractivity contribution in [3.05, 3.63) is 74.8 Å². The summed E-state index contributed by atoms with van der Waals surface area (Å²) in [6.45, 7) is 0.0923. The maximum Gasteiger partial charge on any atom is 0.423 e. The molecule has 0 aliphatic rings. The molecule has 0 bridgehead atoms. The number of nitrogens with zero attached hydrogens (tertiary/aromatic N) is 4. The molecular weight excluding hydrogens is 551 g/mol. The number of nitrogens with one attached hydrogen (secondary N) is 1. The molecule has 0 radical (unpaired) electrons. The minimum absolute atomic E-state index is 0.0478. The van der Waals surface area contributed by atoms with Gasteiger partial charge in [-0.3, -0.25) is 9.59 Å². The molecule has 3 rings (SSSR count). The number of benzene rings is 1. The third kappa shape index (κ3) is 9.41. The minimum atomic E-state index is -4.74. The number of aromatic nitrogens is 4. The molecule has 0 aliphatic carbocycles. The van der Waals surface area contributed by atoms with Crippen LogP contribution in [-0.4, -0.2) is 62.8 Å². The summed E-state index contributed by atoms with van der Waals surface area (Å²) in [4.78, 5) is 31.4. The number of nitrogens with two attached hydrogens (primary N) is 1. The third-order valence-electron chi connectivity index (χ3n) is 5.00. The van der Waals surface area contributed by atoms with Gasteiger partial charge in [-0.1, -0.05) is 11.6 Å². The summed E-state index contributed by atoms with van der Waals surface area (Å²) in [5.74, 6) is -0.483. The normalized spacial score (nSPS) is 12.1. The lowest BCUT2D eigenvalue weighted by Gasteiger charge is -2.17. The number of nitrogen functional groups attached to an aromatic ring is 1. The van der Waals surface area contributed by atoms with Crippen molar-refractivity contribution in [1.29, 1.82) is 0 Å². The highest BCUT2D eigenvalue weighted by Gasteiger charge is 2.36. The first-order valence-corrected chi connectivity index (χ1v) is 11.6. The number of H-pyrrole nitrogens is 1. The van der Waals surface area contributed by atoms with Gasteiger partial charge in [0.1, 0.15) is 17.6 Å². The topological polar surface area (TPSA) is 138 Å². The molecule has 0 aliphatic heterocycles. The van der Waals surface area contributed by atoms with Crippen molar-refractivity contribution in [2.24, 2.45) is 0 Å². The van der Waals surface area contributed by atoms with Crippen LogP contribution in [0.3, 0.4) is 0 Å². The Kier molecular flexibility index (Phi) is 11.5. The Morgan fingerprint density at radius 1 is 1.21 bits per heavy atom. The van der Waals surface area contributed by atoms with Crippen molar-refractivity contribution in [3.63, 3.8) is 0 Å². The zero-order valence-electron chi connectivity index (χ0n) is 20.4. The van der Waals surface area contributed by atoms with Gasteiger partial charge in [-0.2, -0.15) is 18.3 Å². The number of hydrogen-bond donors (Lipinski definition) is 3. The number of carbonyl (C=O) groups is 1. The Bertz CT molecular complexity index is 1340. The molecule has 0 saturated heterocycles. The number of aliphatic hydroxyl groups excluding tert-OH is 1. The van der Waals surface area contributed by atoms with Crippen molar-refractivity contribution in [1.82, 2.24) is 25.1 Å². The van der Waals surface area contributed by atoms with Gasteiger partial charge in [0.15, 0.2) is 12.1 Å². The summed E-state index contributed by atoms with van der Waals surface area (Å²) in [6.07, 6.45) is 2.06. The molecule has 210 valence electrons. The molecule has 2 aromatic heterocycles. The van der Waals surface area contributed by atoms with Gasteiger partial charge >= 0.3 is 6.18 Å². The van der Waals surface area contributed by atoms with E-state index in [1.165, 1.54) is 18.5 Å². The number of rotatable bonds is 9. The Balaban J connectivity index is 0.000000370. The lowest BCUT2D eigenvalue weighted by Crippen LogP contribution is -2.24. The summed E-state index contributed by atoms with van der Waals surface area (Å²) in [6, 6.07) is 2.57. The number of alkyl halides is 4. The Labute approximate surface area is 224 Å². The van der Waals surface area contributed by atoms with E-state index in [9.17, 15) is 31.5 Å². The number of carbonyl (C=O) groups excluding carboxylic acids is 1. The fourth-order valence-electron chi connectivity index (χ4n) is 3.16. The summed E-state index contributed by atoms with van der Waals surface area (Å²) in [5.41, 5.74) is 2.24. The van der Waals surface area contributed by atoms with Gasteiger partial charge in [-0.05, 0) is 42.8 Å². The van der Waals surface area contributed by atoms with Crippen molar-refractivity contribution >= 4 is 29.7 Å². The quantitative estimate of drug-likeness (QED) is 0.256. The van der Waals surface area contributed by atoms with Gasteiger partial charge in [0.2, 0.25) is 0 Å². The molecule has 2 heterocycles. The van der Waals surface area contributed by atoms with Crippen molar-refractivity contribution in [2.45, 2.75) is 25.2 Å². The molecule has 39 heavy (non-hydrogen) atoms. The van der Waals surface area contributed by atoms with E-state index in [-0.39, 0.29) is 36.5 Å². The van der Waals surface area contributed by atoms with Gasteiger partial charge in [-0.15, -0.1) is 0 Å².